The van der Waals surface area contributed by atoms with Crippen LogP contribution in [0, 0.1) is 0 Å². The Kier molecular flexibility index (Phi) is 4.86. The fraction of sp³-hybridized carbons (Fsp3) is 0.263. The Balaban J connectivity index is 1.91. The fourth-order valence-corrected chi connectivity index (χ4v) is 3.18. The zero-order valence-electron chi connectivity index (χ0n) is 13.5. The molecule has 124 valence electrons. The lowest BCUT2D eigenvalue weighted by molar-refractivity contribution is 0.0954. The maximum absolute atomic E-state index is 12.8. The zero-order chi connectivity index (χ0) is 17.1. The van der Waals surface area contributed by atoms with E-state index in [0.29, 0.717) is 29.2 Å². The average Bonchev–Trinajstić information content (AvgIpc) is 2.60. The van der Waals surface area contributed by atoms with E-state index in [9.17, 15) is 9.59 Å². The third-order valence-corrected chi connectivity index (χ3v) is 4.35. The van der Waals surface area contributed by atoms with E-state index in [1.165, 1.54) is 0 Å². The number of nitrogens with one attached hydrogen (secondary N) is 1. The Bertz CT molecular complexity index is 789. The predicted molar refractivity (Wildman–Crippen MR) is 95.9 cm³/mol. The number of amides is 2. The molecule has 0 radical (unpaired) electrons. The second-order valence-electron chi connectivity index (χ2n) is 5.77. The first kappa shape index (κ1) is 16.5. The first-order chi connectivity index (χ1) is 11.6. The van der Waals surface area contributed by atoms with E-state index in [0.717, 1.165) is 24.1 Å². The lowest BCUT2D eigenvalue weighted by atomic mass is 9.98. The van der Waals surface area contributed by atoms with Gasteiger partial charge in [-0.1, -0.05) is 17.7 Å². The van der Waals surface area contributed by atoms with Crippen LogP contribution in [0.5, 0.6) is 0 Å². The Hall–Kier alpha value is -2.33. The van der Waals surface area contributed by atoms with Crippen LogP contribution in [0.4, 0.5) is 5.69 Å². The van der Waals surface area contributed by atoms with Crippen LogP contribution in [-0.2, 0) is 6.42 Å². The zero-order valence-corrected chi connectivity index (χ0v) is 14.3. The van der Waals surface area contributed by atoms with E-state index in [1.54, 1.807) is 35.2 Å². The lowest BCUT2D eigenvalue weighted by Crippen LogP contribution is -2.35. The summed E-state index contributed by atoms with van der Waals surface area (Å²) in [6.07, 6.45) is 1.74. The number of hydrogen-bond donors (Lipinski definition) is 1. The highest BCUT2D eigenvalue weighted by atomic mass is 35.5. The minimum atomic E-state index is -0.0846. The van der Waals surface area contributed by atoms with E-state index in [1.807, 2.05) is 19.1 Å². The number of carbonyl (C=O) groups is 2. The molecular weight excluding hydrogens is 324 g/mol. The number of rotatable bonds is 3. The number of hydrogen-bond acceptors (Lipinski definition) is 2. The van der Waals surface area contributed by atoms with E-state index in [4.69, 9.17) is 11.6 Å². The third kappa shape index (κ3) is 3.29. The van der Waals surface area contributed by atoms with Crippen LogP contribution in [0.15, 0.2) is 42.5 Å². The summed E-state index contributed by atoms with van der Waals surface area (Å²) in [7, 11) is 0. The molecule has 1 heterocycles. The van der Waals surface area contributed by atoms with Crippen LogP contribution in [-0.4, -0.2) is 24.9 Å². The van der Waals surface area contributed by atoms with Crippen molar-refractivity contribution >= 4 is 29.1 Å². The van der Waals surface area contributed by atoms with Gasteiger partial charge in [0.25, 0.3) is 11.8 Å². The van der Waals surface area contributed by atoms with Crippen LogP contribution in [0.25, 0.3) is 0 Å². The fourth-order valence-electron chi connectivity index (χ4n) is 2.99. The molecule has 0 unspecified atom stereocenters. The van der Waals surface area contributed by atoms with Crippen LogP contribution >= 0.6 is 11.6 Å². The summed E-state index contributed by atoms with van der Waals surface area (Å²) in [4.78, 5) is 26.6. The summed E-state index contributed by atoms with van der Waals surface area (Å²) in [5, 5.41) is 3.35. The van der Waals surface area contributed by atoms with Gasteiger partial charge in [-0.15, -0.1) is 0 Å². The summed E-state index contributed by atoms with van der Waals surface area (Å²) in [5.41, 5.74) is 3.11. The van der Waals surface area contributed by atoms with Gasteiger partial charge in [-0.3, -0.25) is 9.59 Å². The van der Waals surface area contributed by atoms with Gasteiger partial charge in [-0.25, -0.2) is 0 Å². The van der Waals surface area contributed by atoms with Gasteiger partial charge < -0.3 is 10.2 Å². The van der Waals surface area contributed by atoms with E-state index in [-0.39, 0.29) is 11.8 Å². The van der Waals surface area contributed by atoms with Gasteiger partial charge in [0.2, 0.25) is 0 Å². The molecule has 0 saturated heterocycles. The summed E-state index contributed by atoms with van der Waals surface area (Å²) in [5.74, 6) is -0.150. The highest BCUT2D eigenvalue weighted by Gasteiger charge is 2.24. The minimum Gasteiger partial charge on any atom is -0.352 e. The summed E-state index contributed by atoms with van der Waals surface area (Å²) in [6, 6.07) is 12.5. The van der Waals surface area contributed by atoms with E-state index < -0.39 is 0 Å². The molecule has 24 heavy (non-hydrogen) atoms. The number of halogens is 1. The van der Waals surface area contributed by atoms with Crippen molar-refractivity contribution in [2.75, 3.05) is 18.0 Å². The summed E-state index contributed by atoms with van der Waals surface area (Å²) < 4.78 is 0. The second kappa shape index (κ2) is 7.05. The van der Waals surface area contributed by atoms with E-state index >= 15 is 0 Å². The number of fused-ring (bicyclic) bond motifs is 1. The van der Waals surface area contributed by atoms with Gasteiger partial charge in [0, 0.05) is 34.9 Å². The molecule has 0 bridgehead atoms. The molecule has 0 aliphatic carbocycles. The highest BCUT2D eigenvalue weighted by molar-refractivity contribution is 6.31. The number of carbonyl (C=O) groups excluding carboxylic acids is 2. The SMILES string of the molecule is CCNC(=O)c1ccc2c(c1)CCCN2C(=O)c1cccc(Cl)c1. The number of aryl methyl sites for hydroxylation is 1. The maximum Gasteiger partial charge on any atom is 0.258 e. The molecule has 1 N–H and O–H groups in total. The summed E-state index contributed by atoms with van der Waals surface area (Å²) >= 11 is 6.00. The number of anilines is 1. The van der Waals surface area contributed by atoms with Crippen LogP contribution in [0.3, 0.4) is 0 Å². The molecule has 2 aromatic rings. The minimum absolute atomic E-state index is 0.0655. The largest absolute Gasteiger partial charge is 0.352 e. The van der Waals surface area contributed by atoms with Gasteiger partial charge in [0.1, 0.15) is 0 Å². The first-order valence-electron chi connectivity index (χ1n) is 8.08. The maximum atomic E-state index is 12.8. The Morgan fingerprint density at radius 3 is 2.75 bits per heavy atom. The van der Waals surface area contributed by atoms with Crippen LogP contribution in [0.2, 0.25) is 5.02 Å². The van der Waals surface area contributed by atoms with Gasteiger partial charge in [-0.05, 0) is 61.7 Å². The second-order valence-corrected chi connectivity index (χ2v) is 6.21. The van der Waals surface area contributed by atoms with Crippen molar-refractivity contribution in [3.8, 4) is 0 Å². The molecule has 1 aliphatic rings. The van der Waals surface area contributed by atoms with E-state index in [2.05, 4.69) is 5.32 Å². The lowest BCUT2D eigenvalue weighted by Gasteiger charge is -2.30. The summed E-state index contributed by atoms with van der Waals surface area (Å²) in [6.45, 7) is 3.15. The predicted octanol–water partition coefficient (Wildman–Crippen LogP) is 3.68. The van der Waals surface area contributed by atoms with Crippen molar-refractivity contribution in [3.05, 3.63) is 64.2 Å². The normalized spacial score (nSPS) is 13.3. The quantitative estimate of drug-likeness (QED) is 0.925. The molecule has 2 amide bonds. The monoisotopic (exact) mass is 342 g/mol. The molecule has 0 fully saturated rings. The van der Waals surface area contributed by atoms with Gasteiger partial charge in [0.15, 0.2) is 0 Å². The standard InChI is InChI=1S/C19H19ClN2O2/c1-2-21-18(23)14-8-9-17-13(11-14)6-4-10-22(17)19(24)15-5-3-7-16(20)12-15/h3,5,7-9,11-12H,2,4,6,10H2,1H3,(H,21,23). The number of benzene rings is 2. The molecule has 1 aliphatic heterocycles. The third-order valence-electron chi connectivity index (χ3n) is 4.11. The molecule has 0 aromatic heterocycles. The van der Waals surface area contributed by atoms with Gasteiger partial charge in [0.05, 0.1) is 0 Å². The van der Waals surface area contributed by atoms with Crippen molar-refractivity contribution < 1.29 is 9.59 Å². The van der Waals surface area contributed by atoms with Gasteiger partial charge >= 0.3 is 0 Å². The molecule has 0 saturated carbocycles. The molecule has 0 spiro atoms. The van der Waals surface area contributed by atoms with Crippen molar-refractivity contribution in [2.45, 2.75) is 19.8 Å². The Morgan fingerprint density at radius 2 is 2.00 bits per heavy atom. The molecule has 3 rings (SSSR count). The first-order valence-corrected chi connectivity index (χ1v) is 8.46. The molecular formula is C19H19ClN2O2. The van der Waals surface area contributed by atoms with Crippen molar-refractivity contribution in [1.82, 2.24) is 5.32 Å². The van der Waals surface area contributed by atoms with Crippen molar-refractivity contribution in [3.63, 3.8) is 0 Å². The molecule has 0 atom stereocenters. The molecule has 2 aromatic carbocycles. The van der Waals surface area contributed by atoms with Crippen molar-refractivity contribution in [2.24, 2.45) is 0 Å². The highest BCUT2D eigenvalue weighted by Crippen LogP contribution is 2.29. The topological polar surface area (TPSA) is 49.4 Å². The molecule has 4 nitrogen and oxygen atoms in total. The smallest absolute Gasteiger partial charge is 0.258 e. The Morgan fingerprint density at radius 1 is 1.17 bits per heavy atom. The van der Waals surface area contributed by atoms with Crippen LogP contribution in [0.1, 0.15) is 39.6 Å². The van der Waals surface area contributed by atoms with Crippen molar-refractivity contribution in [1.29, 1.82) is 0 Å². The average molecular weight is 343 g/mol. The van der Waals surface area contributed by atoms with Gasteiger partial charge in [-0.2, -0.15) is 0 Å². The van der Waals surface area contributed by atoms with Crippen LogP contribution < -0.4 is 10.2 Å². The molecule has 5 heteroatoms. The Labute approximate surface area is 146 Å². The number of nitrogens with zero attached hydrogens (tertiary/aromatic N) is 1.